The zero-order valence-electron chi connectivity index (χ0n) is 11.3. The smallest absolute Gasteiger partial charge is 0.545 e. The molecule has 0 unspecified atom stereocenters. The van der Waals surface area contributed by atoms with Gasteiger partial charge in [-0.25, -0.2) is 4.79 Å². The van der Waals surface area contributed by atoms with Crippen molar-refractivity contribution in [2.45, 2.75) is 6.92 Å². The zero-order valence-corrected chi connectivity index (χ0v) is 13.4. The van der Waals surface area contributed by atoms with E-state index in [0.717, 1.165) is 0 Å². The van der Waals surface area contributed by atoms with Gasteiger partial charge in [-0.05, 0) is 12.1 Å². The van der Waals surface area contributed by atoms with Gasteiger partial charge >= 0.3 is 33.0 Å². The molecule has 0 atom stereocenters. The molecule has 0 saturated carbocycles. The summed E-state index contributed by atoms with van der Waals surface area (Å²) < 4.78 is 4.69. The molecule has 114 valence electrons. The van der Waals surface area contributed by atoms with Gasteiger partial charge < -0.3 is 31.7 Å². The van der Waals surface area contributed by atoms with Crippen molar-refractivity contribution >= 4 is 32.3 Å². The van der Waals surface area contributed by atoms with E-state index in [9.17, 15) is 9.59 Å². The number of benzene rings is 1. The predicted molar refractivity (Wildman–Crippen MR) is 71.4 cm³/mol. The van der Waals surface area contributed by atoms with Gasteiger partial charge in [-0.1, -0.05) is 12.1 Å². The van der Waals surface area contributed by atoms with E-state index in [1.165, 1.54) is 19.1 Å². The molecular formula is C13H14MoO7. The van der Waals surface area contributed by atoms with Crippen LogP contribution in [0.15, 0.2) is 24.3 Å². The fraction of sp³-hybridized carbons (Fsp3) is 0.0769. The molecule has 1 aromatic rings. The van der Waals surface area contributed by atoms with E-state index >= 15 is 0 Å². The summed E-state index contributed by atoms with van der Waals surface area (Å²) in [5.41, 5.74) is -0.0160. The molecule has 0 amide bonds. The summed E-state index contributed by atoms with van der Waals surface area (Å²) in [6.07, 6.45) is 0. The second kappa shape index (κ2) is 23.0. The number of carboxylic acid groups (broad SMARTS) is 1. The molecule has 0 spiro atoms. The maximum absolute atomic E-state index is 10.6. The standard InChI is InChI=1S/C9H8O4.3CHO.CH3.Mo/c1-6(10)13-8-5-3-2-4-7(8)9(11)12;3*1-2;;/h2-5H,1H3,(H,11,12);3*1H;1H3;/q;4*-1;+4. The van der Waals surface area contributed by atoms with Crippen LogP contribution in [0.2, 0.25) is 0 Å². The van der Waals surface area contributed by atoms with E-state index in [4.69, 9.17) is 19.5 Å². The topological polar surface area (TPSA) is 115 Å². The summed E-state index contributed by atoms with van der Waals surface area (Å²) in [6.45, 7) is 11.0. The Balaban J connectivity index is -0.0000000951. The molecule has 1 rings (SSSR count). The number of hydrogen-bond acceptors (Lipinski definition) is 6. The Kier molecular flexibility index (Phi) is 34.3. The average Bonchev–Trinajstić information content (AvgIpc) is 2.45. The van der Waals surface area contributed by atoms with Crippen LogP contribution in [-0.2, 0) is 40.2 Å². The number of rotatable bonds is 2. The van der Waals surface area contributed by atoms with Crippen LogP contribution in [0, 0.1) is 7.43 Å². The summed E-state index contributed by atoms with van der Waals surface area (Å²) in [4.78, 5) is 44.4. The molecule has 0 fully saturated rings. The van der Waals surface area contributed by atoms with Gasteiger partial charge in [-0.3, -0.25) is 25.2 Å². The predicted octanol–water partition coefficient (Wildman–Crippen LogP) is 0.936. The molecule has 0 radical (unpaired) electrons. The minimum absolute atomic E-state index is 0. The van der Waals surface area contributed by atoms with Gasteiger partial charge in [0.1, 0.15) is 11.3 Å². The summed E-state index contributed by atoms with van der Waals surface area (Å²) in [7, 11) is 0. The van der Waals surface area contributed by atoms with Crippen LogP contribution in [-0.4, -0.2) is 37.4 Å². The molecule has 0 bridgehead atoms. The SMILES string of the molecule is CC(=O)Oc1ccccc1C(=O)O.[CH-]=O.[CH-]=O.[CH-]=O.[CH3-].[Mo+4]. The van der Waals surface area contributed by atoms with Crippen molar-refractivity contribution in [2.24, 2.45) is 0 Å². The molecule has 8 heteroatoms. The molecule has 0 aliphatic rings. The second-order valence-corrected chi connectivity index (χ2v) is 2.39. The average molecular weight is 378 g/mol. The minimum Gasteiger partial charge on any atom is -0.545 e. The number of ether oxygens (including phenoxy) is 1. The summed E-state index contributed by atoms with van der Waals surface area (Å²) in [5, 5.41) is 8.69. The number of esters is 1. The molecule has 1 aromatic carbocycles. The Morgan fingerprint density at radius 1 is 1.00 bits per heavy atom. The molecule has 7 nitrogen and oxygen atoms in total. The molecule has 0 aliphatic carbocycles. The van der Waals surface area contributed by atoms with Crippen LogP contribution in [0.5, 0.6) is 5.75 Å². The first kappa shape index (κ1) is 31.3. The van der Waals surface area contributed by atoms with Gasteiger partial charge in [0.2, 0.25) is 0 Å². The molecular weight excluding hydrogens is 364 g/mol. The third-order valence-corrected chi connectivity index (χ3v) is 1.37. The maximum Gasteiger partial charge on any atom is 4.00 e. The number of para-hydroxylation sites is 1. The second-order valence-electron chi connectivity index (χ2n) is 2.39. The summed E-state index contributed by atoms with van der Waals surface area (Å²) >= 11 is 0. The first-order chi connectivity index (χ1) is 9.11. The van der Waals surface area contributed by atoms with Gasteiger partial charge in [-0.2, -0.15) is 0 Å². The van der Waals surface area contributed by atoms with Gasteiger partial charge in [0.05, 0.1) is 0 Å². The Bertz CT molecular complexity index is 391. The normalized spacial score (nSPS) is 6.33. The zero-order chi connectivity index (χ0) is 15.8. The number of carboxylic acids is 1. The van der Waals surface area contributed by atoms with Crippen molar-refractivity contribution in [3.63, 3.8) is 0 Å². The van der Waals surface area contributed by atoms with Crippen LogP contribution >= 0.6 is 0 Å². The van der Waals surface area contributed by atoms with Crippen LogP contribution in [0.3, 0.4) is 0 Å². The number of carbonyl (C=O) groups is 2. The van der Waals surface area contributed by atoms with E-state index < -0.39 is 11.9 Å². The third kappa shape index (κ3) is 15.8. The number of aromatic carboxylic acids is 1. The molecule has 0 aliphatic heterocycles. The molecule has 0 aromatic heterocycles. The largest absolute Gasteiger partial charge is 4.00 e. The Morgan fingerprint density at radius 3 is 1.71 bits per heavy atom. The monoisotopic (exact) mass is 380 g/mol. The maximum atomic E-state index is 10.6. The first-order valence-electron chi connectivity index (χ1n) is 4.32. The van der Waals surface area contributed by atoms with Crippen molar-refractivity contribution < 1.29 is 54.9 Å². The van der Waals surface area contributed by atoms with Crippen LogP contribution < -0.4 is 4.74 Å². The molecule has 21 heavy (non-hydrogen) atoms. The number of hydrogen-bond donors (Lipinski definition) is 1. The summed E-state index contributed by atoms with van der Waals surface area (Å²) in [5.74, 6) is -1.58. The van der Waals surface area contributed by atoms with E-state index in [1.54, 1.807) is 12.1 Å². The summed E-state index contributed by atoms with van der Waals surface area (Å²) in [6, 6.07) is 5.98. The Labute approximate surface area is 137 Å². The Hall–Kier alpha value is -2.14. The fourth-order valence-electron chi connectivity index (χ4n) is 0.887. The van der Waals surface area contributed by atoms with Gasteiger partial charge in [-0.15, -0.1) is 0 Å². The third-order valence-electron chi connectivity index (χ3n) is 1.37. The van der Waals surface area contributed by atoms with E-state index in [2.05, 4.69) is 25.1 Å². The van der Waals surface area contributed by atoms with E-state index in [-0.39, 0.29) is 39.8 Å². The van der Waals surface area contributed by atoms with Crippen molar-refractivity contribution in [1.82, 2.24) is 0 Å². The quantitative estimate of drug-likeness (QED) is 0.268. The molecule has 1 N–H and O–H groups in total. The van der Waals surface area contributed by atoms with Crippen molar-refractivity contribution in [3.05, 3.63) is 37.3 Å². The van der Waals surface area contributed by atoms with E-state index in [1.807, 2.05) is 0 Å². The Morgan fingerprint density at radius 2 is 1.38 bits per heavy atom. The van der Waals surface area contributed by atoms with Crippen molar-refractivity contribution in [1.29, 1.82) is 0 Å². The van der Waals surface area contributed by atoms with Gasteiger partial charge in [0, 0.05) is 6.92 Å². The van der Waals surface area contributed by atoms with E-state index in [0.29, 0.717) is 0 Å². The number of carbonyl (C=O) groups excluding carboxylic acids is 4. The first-order valence-corrected chi connectivity index (χ1v) is 4.32. The van der Waals surface area contributed by atoms with Crippen LogP contribution in [0.25, 0.3) is 0 Å². The fourth-order valence-corrected chi connectivity index (χ4v) is 0.887. The van der Waals surface area contributed by atoms with Crippen LogP contribution in [0.1, 0.15) is 17.3 Å². The van der Waals surface area contributed by atoms with Crippen molar-refractivity contribution in [2.75, 3.05) is 0 Å². The minimum atomic E-state index is -1.11. The van der Waals surface area contributed by atoms with Crippen LogP contribution in [0.4, 0.5) is 0 Å². The van der Waals surface area contributed by atoms with Gasteiger partial charge in [0.25, 0.3) is 0 Å². The molecule has 0 saturated heterocycles. The van der Waals surface area contributed by atoms with Gasteiger partial charge in [0.15, 0.2) is 0 Å². The van der Waals surface area contributed by atoms with Crippen molar-refractivity contribution in [3.8, 4) is 5.75 Å². The molecule has 0 heterocycles.